The Morgan fingerprint density at radius 3 is 2.06 bits per heavy atom. The molecule has 3 nitrogen and oxygen atoms in total. The van der Waals surface area contributed by atoms with Crippen LogP contribution in [0, 0.1) is 0 Å². The van der Waals surface area contributed by atoms with E-state index in [0.29, 0.717) is 18.6 Å². The number of rotatable bonds is 21. The van der Waals surface area contributed by atoms with Crippen LogP contribution in [0.1, 0.15) is 122 Å². The molecule has 0 aliphatic carbocycles. The first-order valence-corrected chi connectivity index (χ1v) is 13.2. The van der Waals surface area contributed by atoms with Gasteiger partial charge in [0, 0.05) is 5.57 Å². The van der Waals surface area contributed by atoms with Gasteiger partial charge in [0.25, 0.3) is 0 Å². The van der Waals surface area contributed by atoms with Crippen LogP contribution in [0.25, 0.3) is 0 Å². The number of ether oxygens (including phenoxy) is 1. The second-order valence-corrected chi connectivity index (χ2v) is 9.21. The summed E-state index contributed by atoms with van der Waals surface area (Å²) in [4.78, 5) is 11.5. The summed E-state index contributed by atoms with van der Waals surface area (Å²) in [5, 5.41) is 9.48. The third kappa shape index (κ3) is 16.1. The van der Waals surface area contributed by atoms with Gasteiger partial charge in [-0.1, -0.05) is 114 Å². The van der Waals surface area contributed by atoms with Crippen molar-refractivity contribution in [2.24, 2.45) is 0 Å². The van der Waals surface area contributed by atoms with Gasteiger partial charge in [-0.15, -0.1) is 0 Å². The molecule has 1 rings (SSSR count). The predicted octanol–water partition coefficient (Wildman–Crippen LogP) is 8.86. The number of benzene rings is 1. The van der Waals surface area contributed by atoms with E-state index in [1.54, 1.807) is 0 Å². The molecule has 0 aromatic heterocycles. The van der Waals surface area contributed by atoms with Crippen LogP contribution in [0.4, 0.5) is 0 Å². The smallest absolute Gasteiger partial charge is 0.331 e. The van der Waals surface area contributed by atoms with E-state index in [1.165, 1.54) is 69.8 Å². The molecule has 1 N–H and O–H groups in total. The van der Waals surface area contributed by atoms with E-state index in [2.05, 4.69) is 26.0 Å². The Morgan fingerprint density at radius 2 is 1.47 bits per heavy atom. The quantitative estimate of drug-likeness (QED) is 0.152. The van der Waals surface area contributed by atoms with Gasteiger partial charge in [-0.2, -0.15) is 0 Å². The molecular weight excluding hydrogens is 396 g/mol. The maximum atomic E-state index is 11.5. The summed E-state index contributed by atoms with van der Waals surface area (Å²) in [6.07, 6.45) is 21.2. The molecule has 0 radical (unpaired) electrons. The summed E-state index contributed by atoms with van der Waals surface area (Å²) in [5.74, 6) is -0.749. The van der Waals surface area contributed by atoms with Crippen molar-refractivity contribution < 1.29 is 14.6 Å². The number of unbranched alkanes of at least 4 members (excludes halogenated alkanes) is 12. The van der Waals surface area contributed by atoms with Crippen molar-refractivity contribution >= 4 is 5.97 Å². The topological polar surface area (TPSA) is 46.5 Å². The second-order valence-electron chi connectivity index (χ2n) is 9.21. The summed E-state index contributed by atoms with van der Waals surface area (Å²) in [7, 11) is 0. The van der Waals surface area contributed by atoms with E-state index >= 15 is 0 Å². The molecule has 182 valence electrons. The van der Waals surface area contributed by atoms with E-state index < -0.39 is 5.97 Å². The van der Waals surface area contributed by atoms with Crippen molar-refractivity contribution in [3.05, 3.63) is 47.5 Å². The lowest BCUT2D eigenvalue weighted by Crippen LogP contribution is -2.08. The minimum absolute atomic E-state index is 0.198. The van der Waals surface area contributed by atoms with Gasteiger partial charge in [-0.25, -0.2) is 4.79 Å². The molecule has 0 heterocycles. The molecule has 1 aromatic carbocycles. The maximum absolute atomic E-state index is 11.5. The summed E-state index contributed by atoms with van der Waals surface area (Å²) in [5.41, 5.74) is 1.78. The van der Waals surface area contributed by atoms with Gasteiger partial charge >= 0.3 is 5.97 Å². The third-order valence-electron chi connectivity index (χ3n) is 6.16. The fourth-order valence-corrected chi connectivity index (χ4v) is 4.02. The SMILES string of the molecule is CCCCCCCCCCCCCC=C(CCCCC(C)OCc1ccccc1)C(=O)O. The first-order chi connectivity index (χ1) is 15.6. The number of aliphatic carboxylic acids is 1. The van der Waals surface area contributed by atoms with Crippen LogP contribution < -0.4 is 0 Å². The van der Waals surface area contributed by atoms with Crippen LogP contribution in [-0.4, -0.2) is 17.2 Å². The molecule has 0 bridgehead atoms. The number of hydrogen-bond donors (Lipinski definition) is 1. The van der Waals surface area contributed by atoms with E-state index in [4.69, 9.17) is 4.74 Å². The van der Waals surface area contributed by atoms with Gasteiger partial charge in [0.2, 0.25) is 0 Å². The van der Waals surface area contributed by atoms with Crippen LogP contribution >= 0.6 is 0 Å². The van der Waals surface area contributed by atoms with Crippen LogP contribution in [0.15, 0.2) is 42.0 Å². The van der Waals surface area contributed by atoms with Crippen molar-refractivity contribution in [3.8, 4) is 0 Å². The average Bonchev–Trinajstić information content (AvgIpc) is 2.80. The first-order valence-electron chi connectivity index (χ1n) is 13.2. The lowest BCUT2D eigenvalue weighted by molar-refractivity contribution is -0.132. The Kier molecular flexibility index (Phi) is 17.8. The number of allylic oxidation sites excluding steroid dienone is 1. The summed E-state index contributed by atoms with van der Waals surface area (Å²) < 4.78 is 5.90. The van der Waals surface area contributed by atoms with E-state index in [0.717, 1.165) is 32.1 Å². The average molecular weight is 445 g/mol. The summed E-state index contributed by atoms with van der Waals surface area (Å²) >= 11 is 0. The minimum atomic E-state index is -0.749. The Balaban J connectivity index is 2.04. The van der Waals surface area contributed by atoms with E-state index in [-0.39, 0.29) is 6.10 Å². The highest BCUT2D eigenvalue weighted by molar-refractivity contribution is 5.86. The molecule has 32 heavy (non-hydrogen) atoms. The normalized spacial score (nSPS) is 12.8. The Morgan fingerprint density at radius 1 is 0.875 bits per heavy atom. The molecular formula is C29H48O3. The monoisotopic (exact) mass is 444 g/mol. The first kappa shape index (κ1) is 28.4. The van der Waals surface area contributed by atoms with Gasteiger partial charge in [-0.05, 0) is 44.6 Å². The molecule has 0 aliphatic rings. The van der Waals surface area contributed by atoms with E-state index in [9.17, 15) is 9.90 Å². The largest absolute Gasteiger partial charge is 0.478 e. The highest BCUT2D eigenvalue weighted by atomic mass is 16.5. The second kappa shape index (κ2) is 20.0. The van der Waals surface area contributed by atoms with Crippen LogP contribution in [-0.2, 0) is 16.1 Å². The molecule has 0 fully saturated rings. The van der Waals surface area contributed by atoms with E-state index in [1.807, 2.05) is 24.3 Å². The number of carboxylic acid groups (broad SMARTS) is 1. The summed E-state index contributed by atoms with van der Waals surface area (Å²) in [6, 6.07) is 10.2. The van der Waals surface area contributed by atoms with Crippen molar-refractivity contribution in [2.75, 3.05) is 0 Å². The van der Waals surface area contributed by atoms with Crippen molar-refractivity contribution in [3.63, 3.8) is 0 Å². The Bertz CT molecular complexity index is 594. The fraction of sp³-hybridized carbons (Fsp3) is 0.690. The minimum Gasteiger partial charge on any atom is -0.478 e. The molecule has 1 atom stereocenters. The van der Waals surface area contributed by atoms with Crippen molar-refractivity contribution in [1.82, 2.24) is 0 Å². The molecule has 3 heteroatoms. The zero-order valence-electron chi connectivity index (χ0n) is 20.8. The fourth-order valence-electron chi connectivity index (χ4n) is 4.02. The lowest BCUT2D eigenvalue weighted by Gasteiger charge is -2.13. The highest BCUT2D eigenvalue weighted by Crippen LogP contribution is 2.16. The van der Waals surface area contributed by atoms with Gasteiger partial charge in [0.1, 0.15) is 0 Å². The Hall–Kier alpha value is -1.61. The number of hydrogen-bond acceptors (Lipinski definition) is 2. The third-order valence-corrected chi connectivity index (χ3v) is 6.16. The molecule has 0 spiro atoms. The number of carbonyl (C=O) groups is 1. The van der Waals surface area contributed by atoms with Crippen molar-refractivity contribution in [2.45, 2.75) is 129 Å². The Labute approximate surface area is 197 Å². The maximum Gasteiger partial charge on any atom is 0.331 e. The lowest BCUT2D eigenvalue weighted by atomic mass is 10.0. The molecule has 0 amide bonds. The van der Waals surface area contributed by atoms with Crippen LogP contribution in [0.3, 0.4) is 0 Å². The standard InChI is InChI=1S/C29H48O3/c1-3-4-5-6-7-8-9-10-11-12-13-17-23-28(29(30)31)24-19-18-20-26(2)32-25-27-21-15-14-16-22-27/h14-16,21-23,26H,3-13,17-20,24-25H2,1-2H3,(H,30,31). The highest BCUT2D eigenvalue weighted by Gasteiger charge is 2.08. The van der Waals surface area contributed by atoms with Gasteiger partial charge in [-0.3, -0.25) is 0 Å². The van der Waals surface area contributed by atoms with Crippen LogP contribution in [0.2, 0.25) is 0 Å². The zero-order valence-corrected chi connectivity index (χ0v) is 20.8. The zero-order chi connectivity index (χ0) is 23.3. The van der Waals surface area contributed by atoms with Gasteiger partial charge < -0.3 is 9.84 Å². The molecule has 0 saturated carbocycles. The number of carboxylic acids is 1. The summed E-state index contributed by atoms with van der Waals surface area (Å²) in [6.45, 7) is 5.00. The molecule has 1 unspecified atom stereocenters. The van der Waals surface area contributed by atoms with Crippen LogP contribution in [0.5, 0.6) is 0 Å². The van der Waals surface area contributed by atoms with Gasteiger partial charge in [0.15, 0.2) is 0 Å². The molecule has 0 aliphatic heterocycles. The molecule has 1 aromatic rings. The van der Waals surface area contributed by atoms with Crippen molar-refractivity contribution in [1.29, 1.82) is 0 Å². The molecule has 0 saturated heterocycles. The predicted molar refractivity (Wildman–Crippen MR) is 136 cm³/mol. The van der Waals surface area contributed by atoms with Gasteiger partial charge in [0.05, 0.1) is 12.7 Å².